The molecule has 7 heteroatoms. The van der Waals surface area contributed by atoms with Crippen LogP contribution in [0.4, 0.5) is 4.79 Å². The van der Waals surface area contributed by atoms with Gasteiger partial charge in [0, 0.05) is 37.5 Å². The lowest BCUT2D eigenvalue weighted by Crippen LogP contribution is -2.45. The lowest BCUT2D eigenvalue weighted by Gasteiger charge is -2.33. The number of nitrogens with zero attached hydrogens (tertiary/aromatic N) is 2. The van der Waals surface area contributed by atoms with E-state index in [1.54, 1.807) is 0 Å². The highest BCUT2D eigenvalue weighted by atomic mass is 32.2. The van der Waals surface area contributed by atoms with Crippen molar-refractivity contribution >= 4 is 23.8 Å². The normalized spacial score (nSPS) is 26.8. The van der Waals surface area contributed by atoms with Crippen molar-refractivity contribution in [2.24, 2.45) is 10.9 Å². The summed E-state index contributed by atoms with van der Waals surface area (Å²) in [5.41, 5.74) is -0.444. The molecule has 2 rings (SSSR count). The molecule has 0 spiro atoms. The Morgan fingerprint density at radius 1 is 1.30 bits per heavy atom. The quantitative estimate of drug-likeness (QED) is 0.548. The molecule has 27 heavy (non-hydrogen) atoms. The van der Waals surface area contributed by atoms with Gasteiger partial charge in [0.25, 0.3) is 0 Å². The summed E-state index contributed by atoms with van der Waals surface area (Å²) in [5, 5.41) is 7.75. The number of amides is 1. The molecule has 3 unspecified atom stereocenters. The Kier molecular flexibility index (Phi) is 8.58. The zero-order chi connectivity index (χ0) is 19.9. The van der Waals surface area contributed by atoms with Gasteiger partial charge in [-0.05, 0) is 72.0 Å². The lowest BCUT2D eigenvalue weighted by molar-refractivity contribution is 0.0170. The van der Waals surface area contributed by atoms with Crippen LogP contribution in [0.2, 0.25) is 0 Å². The first-order valence-electron chi connectivity index (χ1n) is 10.4. The first kappa shape index (κ1) is 22.2. The molecule has 3 atom stereocenters. The van der Waals surface area contributed by atoms with E-state index in [1.807, 2.05) is 37.4 Å². The minimum Gasteiger partial charge on any atom is -0.444 e. The van der Waals surface area contributed by atoms with Crippen LogP contribution < -0.4 is 10.6 Å². The summed E-state index contributed by atoms with van der Waals surface area (Å²) < 4.78 is 5.52. The summed E-state index contributed by atoms with van der Waals surface area (Å²) in [6.45, 7) is 11.0. The Morgan fingerprint density at radius 3 is 2.70 bits per heavy atom. The molecule has 2 fully saturated rings. The zero-order valence-electron chi connectivity index (χ0n) is 17.7. The van der Waals surface area contributed by atoms with E-state index in [0.29, 0.717) is 12.0 Å². The monoisotopic (exact) mass is 398 g/mol. The maximum Gasteiger partial charge on any atom is 0.410 e. The minimum absolute atomic E-state index is 0.199. The van der Waals surface area contributed by atoms with E-state index < -0.39 is 5.60 Å². The Bertz CT molecular complexity index is 507. The number of nitrogens with one attached hydrogen (secondary N) is 2. The number of aliphatic imine (C=N–C) groups is 1. The van der Waals surface area contributed by atoms with Crippen molar-refractivity contribution < 1.29 is 9.53 Å². The van der Waals surface area contributed by atoms with Gasteiger partial charge in [-0.3, -0.25) is 4.99 Å². The average molecular weight is 399 g/mol. The average Bonchev–Trinajstić information content (AvgIpc) is 3.06. The molecular weight excluding hydrogens is 360 g/mol. The highest BCUT2D eigenvalue weighted by Crippen LogP contribution is 2.28. The molecule has 6 nitrogen and oxygen atoms in total. The van der Waals surface area contributed by atoms with E-state index in [9.17, 15) is 4.79 Å². The molecule has 0 aromatic heterocycles. The van der Waals surface area contributed by atoms with Crippen LogP contribution in [0.15, 0.2) is 4.99 Å². The summed E-state index contributed by atoms with van der Waals surface area (Å²) in [6, 6.07) is 0.518. The van der Waals surface area contributed by atoms with Crippen molar-refractivity contribution in [2.45, 2.75) is 76.7 Å². The number of hydrogen-bond donors (Lipinski definition) is 2. The maximum atomic E-state index is 12.3. The molecule has 2 aliphatic rings. The standard InChI is InChI=1S/C20H38N4O2S/c1-6-21-18(23-16-9-10-17(12-16)27-5)22-13-15-8-7-11-24(14-15)19(25)26-20(2,3)4/h15-17H,6-14H2,1-5H3,(H2,21,22,23). The Morgan fingerprint density at radius 2 is 2.07 bits per heavy atom. The van der Waals surface area contributed by atoms with Crippen molar-refractivity contribution in [2.75, 3.05) is 32.4 Å². The first-order chi connectivity index (χ1) is 12.8. The maximum absolute atomic E-state index is 12.3. The number of carbonyl (C=O) groups is 1. The number of carbonyl (C=O) groups excluding carboxylic acids is 1. The van der Waals surface area contributed by atoms with E-state index in [1.165, 1.54) is 19.3 Å². The molecule has 1 aliphatic heterocycles. The zero-order valence-corrected chi connectivity index (χ0v) is 18.5. The molecule has 1 aliphatic carbocycles. The fourth-order valence-electron chi connectivity index (χ4n) is 3.73. The van der Waals surface area contributed by atoms with Crippen LogP contribution in [0.5, 0.6) is 0 Å². The molecule has 2 N–H and O–H groups in total. The third kappa shape index (κ3) is 7.80. The first-order valence-corrected chi connectivity index (χ1v) is 11.6. The van der Waals surface area contributed by atoms with Crippen LogP contribution in [0.1, 0.15) is 59.8 Å². The molecular formula is C20H38N4O2S. The second-order valence-electron chi connectivity index (χ2n) is 8.67. The molecule has 1 saturated carbocycles. The lowest BCUT2D eigenvalue weighted by atomic mass is 9.98. The Hall–Kier alpha value is -1.11. The molecule has 0 radical (unpaired) electrons. The van der Waals surface area contributed by atoms with Crippen LogP contribution in [-0.4, -0.2) is 66.3 Å². The van der Waals surface area contributed by atoms with Gasteiger partial charge in [-0.2, -0.15) is 11.8 Å². The van der Waals surface area contributed by atoms with Crippen molar-refractivity contribution in [1.82, 2.24) is 15.5 Å². The largest absolute Gasteiger partial charge is 0.444 e. The number of hydrogen-bond acceptors (Lipinski definition) is 4. The molecule has 1 heterocycles. The Balaban J connectivity index is 1.86. The number of piperidine rings is 1. The summed E-state index contributed by atoms with van der Waals surface area (Å²) >= 11 is 1.97. The van der Waals surface area contributed by atoms with Crippen molar-refractivity contribution in [1.29, 1.82) is 0 Å². The smallest absolute Gasteiger partial charge is 0.410 e. The van der Waals surface area contributed by atoms with Gasteiger partial charge in [-0.25, -0.2) is 4.79 Å². The highest BCUT2D eigenvalue weighted by molar-refractivity contribution is 7.99. The van der Waals surface area contributed by atoms with E-state index in [-0.39, 0.29) is 6.09 Å². The highest BCUT2D eigenvalue weighted by Gasteiger charge is 2.28. The van der Waals surface area contributed by atoms with Gasteiger partial charge in [0.15, 0.2) is 5.96 Å². The fraction of sp³-hybridized carbons (Fsp3) is 0.900. The number of ether oxygens (including phenoxy) is 1. The number of likely N-dealkylation sites (tertiary alicyclic amines) is 1. The third-order valence-electron chi connectivity index (χ3n) is 5.08. The van der Waals surface area contributed by atoms with Crippen molar-refractivity contribution in [3.63, 3.8) is 0 Å². The second-order valence-corrected chi connectivity index (χ2v) is 9.80. The van der Waals surface area contributed by atoms with Gasteiger partial charge in [-0.1, -0.05) is 0 Å². The van der Waals surface area contributed by atoms with Crippen LogP contribution in [0.25, 0.3) is 0 Å². The summed E-state index contributed by atoms with van der Waals surface area (Å²) in [5.74, 6) is 1.31. The van der Waals surface area contributed by atoms with E-state index in [0.717, 1.165) is 50.2 Å². The van der Waals surface area contributed by atoms with Gasteiger partial charge in [-0.15, -0.1) is 0 Å². The van der Waals surface area contributed by atoms with E-state index in [2.05, 4.69) is 23.8 Å². The SMILES string of the molecule is CCNC(=NCC1CCCN(C(=O)OC(C)(C)C)C1)NC1CCC(SC)C1. The molecule has 1 amide bonds. The third-order valence-corrected chi connectivity index (χ3v) is 6.18. The van der Waals surface area contributed by atoms with Gasteiger partial charge in [0.1, 0.15) is 5.60 Å². The van der Waals surface area contributed by atoms with Crippen LogP contribution in [-0.2, 0) is 4.74 Å². The number of thioether (sulfide) groups is 1. The molecule has 0 bridgehead atoms. The van der Waals surface area contributed by atoms with Gasteiger partial charge < -0.3 is 20.3 Å². The van der Waals surface area contributed by atoms with Gasteiger partial charge in [0.05, 0.1) is 0 Å². The van der Waals surface area contributed by atoms with Crippen LogP contribution in [0.3, 0.4) is 0 Å². The molecule has 156 valence electrons. The molecule has 0 aromatic rings. The fourth-order valence-corrected chi connectivity index (χ4v) is 4.52. The number of rotatable bonds is 5. The minimum atomic E-state index is -0.444. The summed E-state index contributed by atoms with van der Waals surface area (Å²) in [6.07, 6.45) is 7.84. The van der Waals surface area contributed by atoms with Gasteiger partial charge >= 0.3 is 6.09 Å². The van der Waals surface area contributed by atoms with E-state index >= 15 is 0 Å². The molecule has 1 saturated heterocycles. The summed E-state index contributed by atoms with van der Waals surface area (Å²) in [4.78, 5) is 19.0. The predicted molar refractivity (Wildman–Crippen MR) is 115 cm³/mol. The van der Waals surface area contributed by atoms with Crippen molar-refractivity contribution in [3.05, 3.63) is 0 Å². The summed E-state index contributed by atoms with van der Waals surface area (Å²) in [7, 11) is 0. The predicted octanol–water partition coefficient (Wildman–Crippen LogP) is 3.47. The molecule has 0 aromatic carbocycles. The van der Waals surface area contributed by atoms with Crippen LogP contribution in [0, 0.1) is 5.92 Å². The van der Waals surface area contributed by atoms with Crippen molar-refractivity contribution in [3.8, 4) is 0 Å². The Labute approximate surface area is 169 Å². The number of guanidine groups is 1. The van der Waals surface area contributed by atoms with Gasteiger partial charge in [0.2, 0.25) is 0 Å². The second kappa shape index (κ2) is 10.4. The topological polar surface area (TPSA) is 66.0 Å². The van der Waals surface area contributed by atoms with Crippen LogP contribution >= 0.6 is 11.8 Å². The van der Waals surface area contributed by atoms with E-state index in [4.69, 9.17) is 9.73 Å².